The molecule has 33 heavy (non-hydrogen) atoms. The lowest BCUT2D eigenvalue weighted by Gasteiger charge is -2.19. The molecule has 4 atom stereocenters. The van der Waals surface area contributed by atoms with E-state index in [2.05, 4.69) is 4.52 Å². The molecule has 3 aromatic rings. The SMILES string of the molecule is O=c1ccn(C2OC(COP(O)O)C(O)C2O)c(=O)n1Cc1cccc(-c2ccccc2)c1. The quantitative estimate of drug-likeness (QED) is 0.364. The molecule has 2 heterocycles. The number of rotatable bonds is 7. The van der Waals surface area contributed by atoms with Crippen molar-refractivity contribution >= 4 is 8.60 Å². The second kappa shape index (κ2) is 10.1. The van der Waals surface area contributed by atoms with Crippen LogP contribution in [-0.4, -0.2) is 54.1 Å². The average Bonchev–Trinajstić information content (AvgIpc) is 3.10. The van der Waals surface area contributed by atoms with Crippen molar-refractivity contribution in [3.8, 4) is 11.1 Å². The summed E-state index contributed by atoms with van der Waals surface area (Å²) in [5.41, 5.74) is 1.41. The summed E-state index contributed by atoms with van der Waals surface area (Å²) in [7, 11) is -2.67. The third-order valence-electron chi connectivity index (χ3n) is 5.44. The van der Waals surface area contributed by atoms with Crippen LogP contribution < -0.4 is 11.2 Å². The molecule has 0 radical (unpaired) electrons. The lowest BCUT2D eigenvalue weighted by Crippen LogP contribution is -2.43. The van der Waals surface area contributed by atoms with E-state index in [0.717, 1.165) is 25.8 Å². The molecule has 0 saturated carbocycles. The van der Waals surface area contributed by atoms with Gasteiger partial charge in [-0.1, -0.05) is 48.5 Å². The zero-order valence-electron chi connectivity index (χ0n) is 17.3. The molecule has 1 fully saturated rings. The first-order valence-electron chi connectivity index (χ1n) is 10.1. The summed E-state index contributed by atoms with van der Waals surface area (Å²) in [6.45, 7) is -0.398. The van der Waals surface area contributed by atoms with Gasteiger partial charge in [0.15, 0.2) is 6.23 Å². The number of benzene rings is 2. The van der Waals surface area contributed by atoms with E-state index in [1.54, 1.807) is 6.07 Å². The van der Waals surface area contributed by atoms with E-state index in [0.29, 0.717) is 0 Å². The number of ether oxygens (including phenoxy) is 1. The maximum absolute atomic E-state index is 13.1. The highest BCUT2D eigenvalue weighted by molar-refractivity contribution is 7.39. The molecule has 0 amide bonds. The minimum atomic E-state index is -2.67. The highest BCUT2D eigenvalue weighted by Gasteiger charge is 2.44. The summed E-state index contributed by atoms with van der Waals surface area (Å²) in [5.74, 6) is 0. The fourth-order valence-electron chi connectivity index (χ4n) is 3.77. The fourth-order valence-corrected chi connectivity index (χ4v) is 4.05. The molecule has 4 unspecified atom stereocenters. The summed E-state index contributed by atoms with van der Waals surface area (Å²) >= 11 is 0. The normalized spacial score (nSPS) is 22.7. The van der Waals surface area contributed by atoms with E-state index in [-0.39, 0.29) is 6.54 Å². The van der Waals surface area contributed by atoms with E-state index in [4.69, 9.17) is 14.5 Å². The number of nitrogens with zero attached hydrogens (tertiary/aromatic N) is 2. The van der Waals surface area contributed by atoms with Crippen LogP contribution in [0.5, 0.6) is 0 Å². The van der Waals surface area contributed by atoms with Crippen molar-refractivity contribution in [2.24, 2.45) is 0 Å². The van der Waals surface area contributed by atoms with Crippen LogP contribution in [0.4, 0.5) is 0 Å². The van der Waals surface area contributed by atoms with Gasteiger partial charge in [-0.3, -0.25) is 13.9 Å². The van der Waals surface area contributed by atoms with Crippen molar-refractivity contribution < 1.29 is 29.3 Å². The van der Waals surface area contributed by atoms with Crippen molar-refractivity contribution in [2.45, 2.75) is 31.1 Å². The van der Waals surface area contributed by atoms with Gasteiger partial charge < -0.3 is 29.3 Å². The van der Waals surface area contributed by atoms with Gasteiger partial charge in [0, 0.05) is 12.3 Å². The van der Waals surface area contributed by atoms with Crippen LogP contribution in [0.25, 0.3) is 11.1 Å². The number of aromatic nitrogens is 2. The van der Waals surface area contributed by atoms with Crippen molar-refractivity contribution in [3.05, 3.63) is 93.3 Å². The van der Waals surface area contributed by atoms with Gasteiger partial charge in [-0.25, -0.2) is 4.79 Å². The molecule has 4 rings (SSSR count). The monoisotopic (exact) mass is 474 g/mol. The molecule has 0 bridgehead atoms. The van der Waals surface area contributed by atoms with E-state index in [1.165, 1.54) is 12.3 Å². The van der Waals surface area contributed by atoms with Crippen molar-refractivity contribution in [1.82, 2.24) is 9.13 Å². The topological polar surface area (TPSA) is 143 Å². The van der Waals surface area contributed by atoms with E-state index < -0.39 is 51.0 Å². The Morgan fingerprint density at radius 3 is 2.39 bits per heavy atom. The highest BCUT2D eigenvalue weighted by Crippen LogP contribution is 2.32. The van der Waals surface area contributed by atoms with Gasteiger partial charge in [0.25, 0.3) is 5.56 Å². The fraction of sp³-hybridized carbons (Fsp3) is 0.273. The predicted molar refractivity (Wildman–Crippen MR) is 119 cm³/mol. The molecule has 0 aliphatic carbocycles. The van der Waals surface area contributed by atoms with E-state index >= 15 is 0 Å². The maximum Gasteiger partial charge on any atom is 0.333 e. The van der Waals surface area contributed by atoms with Crippen LogP contribution in [-0.2, 0) is 15.8 Å². The van der Waals surface area contributed by atoms with Gasteiger partial charge in [0.05, 0.1) is 13.2 Å². The molecule has 1 aliphatic heterocycles. The molecule has 0 spiro atoms. The lowest BCUT2D eigenvalue weighted by atomic mass is 10.0. The second-order valence-corrected chi connectivity index (χ2v) is 8.35. The second-order valence-electron chi connectivity index (χ2n) is 7.59. The first kappa shape index (κ1) is 23.5. The first-order valence-corrected chi connectivity index (χ1v) is 11.3. The van der Waals surface area contributed by atoms with Gasteiger partial charge in [0.1, 0.15) is 18.3 Å². The summed E-state index contributed by atoms with van der Waals surface area (Å²) in [6, 6.07) is 18.3. The van der Waals surface area contributed by atoms with Crippen LogP contribution in [0.1, 0.15) is 11.8 Å². The van der Waals surface area contributed by atoms with Gasteiger partial charge >= 0.3 is 14.3 Å². The molecular weight excluding hydrogens is 451 g/mol. The van der Waals surface area contributed by atoms with Crippen LogP contribution in [0.2, 0.25) is 0 Å². The Morgan fingerprint density at radius 1 is 0.939 bits per heavy atom. The molecule has 174 valence electrons. The van der Waals surface area contributed by atoms with Crippen LogP contribution in [0.3, 0.4) is 0 Å². The minimum Gasteiger partial charge on any atom is -0.387 e. The third-order valence-corrected chi connectivity index (χ3v) is 5.82. The molecule has 1 saturated heterocycles. The third kappa shape index (κ3) is 5.13. The molecule has 4 N–H and O–H groups in total. The number of aliphatic hydroxyl groups excluding tert-OH is 2. The Morgan fingerprint density at radius 2 is 1.67 bits per heavy atom. The van der Waals surface area contributed by atoms with Crippen molar-refractivity contribution in [1.29, 1.82) is 0 Å². The smallest absolute Gasteiger partial charge is 0.333 e. The summed E-state index contributed by atoms with van der Waals surface area (Å²) in [6.07, 6.45) is -4.11. The number of hydrogen-bond acceptors (Lipinski definition) is 8. The summed E-state index contributed by atoms with van der Waals surface area (Å²) in [4.78, 5) is 43.4. The Kier molecular flexibility index (Phi) is 7.16. The maximum atomic E-state index is 13.1. The molecule has 1 aliphatic rings. The predicted octanol–water partition coefficient (Wildman–Crippen LogP) is 0.573. The van der Waals surface area contributed by atoms with Crippen molar-refractivity contribution in [2.75, 3.05) is 6.61 Å². The average molecular weight is 474 g/mol. The summed E-state index contributed by atoms with van der Waals surface area (Å²) in [5, 5.41) is 20.6. The van der Waals surface area contributed by atoms with Crippen LogP contribution in [0.15, 0.2) is 76.4 Å². The first-order chi connectivity index (χ1) is 15.8. The zero-order chi connectivity index (χ0) is 23.5. The van der Waals surface area contributed by atoms with Crippen LogP contribution >= 0.6 is 8.60 Å². The Bertz CT molecular complexity index is 1210. The molecule has 11 heteroatoms. The largest absolute Gasteiger partial charge is 0.387 e. The van der Waals surface area contributed by atoms with Gasteiger partial charge in [-0.2, -0.15) is 0 Å². The van der Waals surface area contributed by atoms with E-state index in [1.807, 2.05) is 48.5 Å². The molecule has 10 nitrogen and oxygen atoms in total. The number of hydrogen-bond donors (Lipinski definition) is 4. The Hall–Kier alpha value is -2.69. The minimum absolute atomic E-state index is 0.00356. The Labute approximate surface area is 189 Å². The van der Waals surface area contributed by atoms with Gasteiger partial charge in [0.2, 0.25) is 0 Å². The summed E-state index contributed by atoms with van der Waals surface area (Å²) < 4.78 is 12.2. The van der Waals surface area contributed by atoms with Crippen LogP contribution in [0, 0.1) is 0 Å². The highest BCUT2D eigenvalue weighted by atomic mass is 31.2. The van der Waals surface area contributed by atoms with Gasteiger partial charge in [-0.15, -0.1) is 0 Å². The molecule has 2 aromatic carbocycles. The molecule has 1 aromatic heterocycles. The Balaban J connectivity index is 1.61. The zero-order valence-corrected chi connectivity index (χ0v) is 18.2. The number of aliphatic hydroxyl groups is 2. The van der Waals surface area contributed by atoms with E-state index in [9.17, 15) is 19.8 Å². The van der Waals surface area contributed by atoms with Gasteiger partial charge in [-0.05, 0) is 22.8 Å². The molecular formula is C22H23N2O8P. The van der Waals surface area contributed by atoms with Crippen molar-refractivity contribution in [3.63, 3.8) is 0 Å². The lowest BCUT2D eigenvalue weighted by molar-refractivity contribution is -0.0531. The standard InChI is InChI=1S/C22H23N2O8P/c25-18-9-10-23(21-20(27)19(26)17(32-21)13-31-33(29)30)22(28)24(18)12-14-5-4-8-16(11-14)15-6-2-1-3-7-15/h1-11,17,19-21,26-27,29-30H,12-13H2.